The third-order valence-electron chi connectivity index (χ3n) is 3.19. The molecule has 0 saturated carbocycles. The minimum absolute atomic E-state index is 0.167. The average molecular weight is 284 g/mol. The molecule has 5 heteroatoms. The molecule has 0 bridgehead atoms. The zero-order chi connectivity index (χ0) is 13.7. The lowest BCUT2D eigenvalue weighted by Crippen LogP contribution is -2.47. The molecule has 1 fully saturated rings. The van der Waals surface area contributed by atoms with Gasteiger partial charge in [0.25, 0.3) is 0 Å². The van der Waals surface area contributed by atoms with E-state index in [2.05, 4.69) is 14.8 Å². The third kappa shape index (κ3) is 3.98. The maximum absolute atomic E-state index is 5.83. The highest BCUT2D eigenvalue weighted by atomic mass is 35.5. The van der Waals surface area contributed by atoms with Gasteiger partial charge in [-0.1, -0.05) is 0 Å². The van der Waals surface area contributed by atoms with E-state index >= 15 is 0 Å². The summed E-state index contributed by atoms with van der Waals surface area (Å²) in [5.74, 6) is 2.54. The normalized spacial score (nSPS) is 16.9. The summed E-state index contributed by atoms with van der Waals surface area (Å²) < 4.78 is 5.83. The maximum Gasteiger partial charge on any atom is 0.171 e. The largest absolute Gasteiger partial charge is 0.487 e. The second-order valence-corrected chi connectivity index (χ2v) is 5.39. The molecule has 0 atom stereocenters. The molecule has 2 heterocycles. The van der Waals surface area contributed by atoms with E-state index in [9.17, 15) is 0 Å². The monoisotopic (exact) mass is 283 g/mol. The Balaban J connectivity index is 2.02. The summed E-state index contributed by atoms with van der Waals surface area (Å²) in [6, 6.07) is 3.92. The Morgan fingerprint density at radius 1 is 1.32 bits per heavy atom. The molecule has 1 aliphatic rings. The van der Waals surface area contributed by atoms with Crippen LogP contribution < -0.4 is 9.64 Å². The first-order valence-corrected chi connectivity index (χ1v) is 7.39. The van der Waals surface area contributed by atoms with Crippen molar-refractivity contribution in [2.45, 2.75) is 20.0 Å². The first-order valence-electron chi connectivity index (χ1n) is 6.85. The zero-order valence-corrected chi connectivity index (χ0v) is 12.4. The van der Waals surface area contributed by atoms with Gasteiger partial charge in [-0.15, -0.1) is 11.6 Å². The van der Waals surface area contributed by atoms with Gasteiger partial charge in [0.1, 0.15) is 0 Å². The van der Waals surface area contributed by atoms with E-state index in [0.717, 1.165) is 44.3 Å². The molecule has 4 nitrogen and oxygen atoms in total. The number of rotatable bonds is 5. The van der Waals surface area contributed by atoms with Crippen molar-refractivity contribution in [1.29, 1.82) is 0 Å². The Hall–Kier alpha value is -1.00. The van der Waals surface area contributed by atoms with Gasteiger partial charge >= 0.3 is 0 Å². The number of hydrogen-bond donors (Lipinski definition) is 0. The van der Waals surface area contributed by atoms with Gasteiger partial charge in [0, 0.05) is 44.8 Å². The smallest absolute Gasteiger partial charge is 0.171 e. The molecule has 0 amide bonds. The van der Waals surface area contributed by atoms with E-state index in [-0.39, 0.29) is 6.10 Å². The number of anilines is 1. The molecule has 0 unspecified atom stereocenters. The number of pyridine rings is 1. The number of aromatic nitrogens is 1. The van der Waals surface area contributed by atoms with Crippen molar-refractivity contribution in [2.75, 3.05) is 43.5 Å². The van der Waals surface area contributed by atoms with Crippen LogP contribution in [0.3, 0.4) is 0 Å². The molecule has 106 valence electrons. The van der Waals surface area contributed by atoms with Crippen molar-refractivity contribution in [3.05, 3.63) is 18.3 Å². The summed E-state index contributed by atoms with van der Waals surface area (Å²) in [5.41, 5.74) is 0. The fraction of sp³-hybridized carbons (Fsp3) is 0.643. The SMILES string of the molecule is CC(C)Oc1cccnc1N1CCN(CCCl)CC1. The highest BCUT2D eigenvalue weighted by Gasteiger charge is 2.20. The van der Waals surface area contributed by atoms with E-state index in [1.807, 2.05) is 32.2 Å². The molecule has 0 spiro atoms. The lowest BCUT2D eigenvalue weighted by molar-refractivity contribution is 0.238. The molecule has 1 aliphatic heterocycles. The van der Waals surface area contributed by atoms with Gasteiger partial charge in [-0.3, -0.25) is 4.90 Å². The molecular formula is C14H22ClN3O. The number of ether oxygens (including phenoxy) is 1. The van der Waals surface area contributed by atoms with E-state index in [1.165, 1.54) is 0 Å². The minimum atomic E-state index is 0.167. The van der Waals surface area contributed by atoms with Crippen molar-refractivity contribution in [2.24, 2.45) is 0 Å². The molecule has 0 aliphatic carbocycles. The molecule has 1 aromatic rings. The molecular weight excluding hydrogens is 262 g/mol. The Morgan fingerprint density at radius 2 is 2.05 bits per heavy atom. The van der Waals surface area contributed by atoms with Crippen molar-refractivity contribution >= 4 is 17.4 Å². The van der Waals surface area contributed by atoms with E-state index < -0.39 is 0 Å². The Labute approximate surface area is 120 Å². The quantitative estimate of drug-likeness (QED) is 0.775. The topological polar surface area (TPSA) is 28.6 Å². The summed E-state index contributed by atoms with van der Waals surface area (Å²) in [4.78, 5) is 9.16. The number of alkyl halides is 1. The van der Waals surface area contributed by atoms with E-state index in [0.29, 0.717) is 5.88 Å². The number of nitrogens with zero attached hydrogens (tertiary/aromatic N) is 3. The van der Waals surface area contributed by atoms with E-state index in [1.54, 1.807) is 0 Å². The molecule has 0 N–H and O–H groups in total. The predicted molar refractivity (Wildman–Crippen MR) is 79.4 cm³/mol. The Kier molecular flexibility index (Phi) is 5.28. The number of halogens is 1. The first kappa shape index (κ1) is 14.4. The lowest BCUT2D eigenvalue weighted by atomic mass is 10.3. The van der Waals surface area contributed by atoms with Crippen LogP contribution in [-0.2, 0) is 0 Å². The van der Waals surface area contributed by atoms with Crippen LogP contribution in [0.25, 0.3) is 0 Å². The number of piperazine rings is 1. The highest BCUT2D eigenvalue weighted by Crippen LogP contribution is 2.27. The van der Waals surface area contributed by atoms with Crippen LogP contribution in [-0.4, -0.2) is 54.6 Å². The zero-order valence-electron chi connectivity index (χ0n) is 11.7. The molecule has 0 radical (unpaired) electrons. The minimum Gasteiger partial charge on any atom is -0.487 e. The lowest BCUT2D eigenvalue weighted by Gasteiger charge is -2.35. The van der Waals surface area contributed by atoms with Crippen LogP contribution in [0.15, 0.2) is 18.3 Å². The fourth-order valence-electron chi connectivity index (χ4n) is 2.27. The van der Waals surface area contributed by atoms with Gasteiger partial charge in [0.05, 0.1) is 6.10 Å². The third-order valence-corrected chi connectivity index (χ3v) is 3.36. The van der Waals surface area contributed by atoms with Gasteiger partial charge in [-0.25, -0.2) is 4.98 Å². The predicted octanol–water partition coefficient (Wildman–Crippen LogP) is 2.23. The molecule has 1 aromatic heterocycles. The summed E-state index contributed by atoms with van der Waals surface area (Å²) in [6.45, 7) is 9.05. The van der Waals surface area contributed by atoms with Crippen LogP contribution in [0, 0.1) is 0 Å². The van der Waals surface area contributed by atoms with Gasteiger partial charge in [-0.05, 0) is 26.0 Å². The standard InChI is InChI=1S/C14H22ClN3O/c1-12(2)19-13-4-3-6-16-14(13)18-10-8-17(7-5-15)9-11-18/h3-4,6,12H,5,7-11H2,1-2H3. The highest BCUT2D eigenvalue weighted by molar-refractivity contribution is 6.18. The molecule has 19 heavy (non-hydrogen) atoms. The fourth-order valence-corrected chi connectivity index (χ4v) is 2.51. The van der Waals surface area contributed by atoms with Crippen LogP contribution in [0.1, 0.15) is 13.8 Å². The summed E-state index contributed by atoms with van der Waals surface area (Å²) in [6.07, 6.45) is 1.99. The van der Waals surface area contributed by atoms with Gasteiger partial charge in [0.2, 0.25) is 0 Å². The average Bonchev–Trinajstić information content (AvgIpc) is 2.40. The van der Waals surface area contributed by atoms with Crippen molar-refractivity contribution in [1.82, 2.24) is 9.88 Å². The Morgan fingerprint density at radius 3 is 2.68 bits per heavy atom. The van der Waals surface area contributed by atoms with E-state index in [4.69, 9.17) is 16.3 Å². The van der Waals surface area contributed by atoms with Gasteiger partial charge < -0.3 is 9.64 Å². The molecule has 0 aromatic carbocycles. The van der Waals surface area contributed by atoms with Crippen molar-refractivity contribution in [3.63, 3.8) is 0 Å². The van der Waals surface area contributed by atoms with Crippen LogP contribution in [0.5, 0.6) is 5.75 Å². The van der Waals surface area contributed by atoms with Crippen LogP contribution >= 0.6 is 11.6 Å². The van der Waals surface area contributed by atoms with Crippen LogP contribution in [0.2, 0.25) is 0 Å². The van der Waals surface area contributed by atoms with Crippen LogP contribution in [0.4, 0.5) is 5.82 Å². The van der Waals surface area contributed by atoms with Crippen molar-refractivity contribution in [3.8, 4) is 5.75 Å². The Bertz CT molecular complexity index is 392. The second kappa shape index (κ2) is 6.96. The summed E-state index contributed by atoms with van der Waals surface area (Å²) in [7, 11) is 0. The van der Waals surface area contributed by atoms with Crippen molar-refractivity contribution < 1.29 is 4.74 Å². The van der Waals surface area contributed by atoms with Gasteiger partial charge in [0.15, 0.2) is 11.6 Å². The summed E-state index contributed by atoms with van der Waals surface area (Å²) >= 11 is 5.78. The molecule has 1 saturated heterocycles. The van der Waals surface area contributed by atoms with Gasteiger partial charge in [-0.2, -0.15) is 0 Å². The molecule has 2 rings (SSSR count). The summed E-state index contributed by atoms with van der Waals surface area (Å²) in [5, 5.41) is 0. The first-order chi connectivity index (χ1) is 9.20. The number of hydrogen-bond acceptors (Lipinski definition) is 4. The second-order valence-electron chi connectivity index (χ2n) is 5.01. The maximum atomic E-state index is 5.83.